The molecule has 0 radical (unpaired) electrons. The van der Waals surface area contributed by atoms with Gasteiger partial charge in [-0.15, -0.1) is 0 Å². The van der Waals surface area contributed by atoms with Gasteiger partial charge < -0.3 is 14.7 Å². The second-order valence-electron chi connectivity index (χ2n) is 7.78. The minimum Gasteiger partial charge on any atom is -0.489 e. The number of piperazine rings is 1. The van der Waals surface area contributed by atoms with Crippen LogP contribution in [-0.2, 0) is 0 Å². The fourth-order valence-electron chi connectivity index (χ4n) is 3.83. The third-order valence-electron chi connectivity index (χ3n) is 5.62. The van der Waals surface area contributed by atoms with E-state index in [2.05, 4.69) is 21.9 Å². The predicted octanol–water partition coefficient (Wildman–Crippen LogP) is 5.02. The topological polar surface area (TPSA) is 35.9 Å². The summed E-state index contributed by atoms with van der Waals surface area (Å²) >= 11 is 12.7. The number of hydrogen-bond donors (Lipinski definition) is 1. The van der Waals surface area contributed by atoms with Gasteiger partial charge in [0.2, 0.25) is 0 Å². The summed E-state index contributed by atoms with van der Waals surface area (Å²) in [5.74, 6) is 0.607. The zero-order chi connectivity index (χ0) is 21.1. The van der Waals surface area contributed by atoms with Gasteiger partial charge in [-0.05, 0) is 36.1 Å². The van der Waals surface area contributed by atoms with E-state index in [4.69, 9.17) is 27.9 Å². The number of fused-ring (bicyclic) bond motifs is 1. The van der Waals surface area contributed by atoms with Crippen LogP contribution in [0.2, 0.25) is 10.0 Å². The van der Waals surface area contributed by atoms with E-state index in [9.17, 15) is 5.11 Å². The van der Waals surface area contributed by atoms with Gasteiger partial charge in [0.05, 0.1) is 5.02 Å². The Bertz CT molecular complexity index is 1020. The van der Waals surface area contributed by atoms with Crippen LogP contribution in [0.4, 0.5) is 5.69 Å². The Balaban J connectivity index is 1.27. The van der Waals surface area contributed by atoms with Gasteiger partial charge in [0.25, 0.3) is 0 Å². The number of β-amino-alcohol motifs (C(OH)–C–C–N with tert-alkyl or cyclic N) is 1. The Morgan fingerprint density at radius 2 is 1.77 bits per heavy atom. The lowest BCUT2D eigenvalue weighted by atomic mass is 10.1. The van der Waals surface area contributed by atoms with Gasteiger partial charge in [-0.3, -0.25) is 4.90 Å². The first-order valence-electron chi connectivity index (χ1n) is 10.2. The molecule has 4 rings (SSSR count). The maximum atomic E-state index is 10.5. The molecule has 0 aliphatic carbocycles. The number of rotatable bonds is 6. The van der Waals surface area contributed by atoms with Crippen LogP contribution in [-0.4, -0.2) is 55.4 Å². The van der Waals surface area contributed by atoms with Crippen LogP contribution in [0.5, 0.6) is 5.75 Å². The molecule has 1 heterocycles. The lowest BCUT2D eigenvalue weighted by Gasteiger charge is -2.37. The first-order valence-corrected chi connectivity index (χ1v) is 11.0. The number of hydrogen-bond acceptors (Lipinski definition) is 4. The van der Waals surface area contributed by atoms with Crippen molar-refractivity contribution in [1.29, 1.82) is 0 Å². The highest BCUT2D eigenvalue weighted by Crippen LogP contribution is 2.32. The van der Waals surface area contributed by atoms with Crippen molar-refractivity contribution in [3.05, 3.63) is 70.2 Å². The van der Waals surface area contributed by atoms with Crippen molar-refractivity contribution < 1.29 is 9.84 Å². The summed E-state index contributed by atoms with van der Waals surface area (Å²) in [6.45, 7) is 6.39. The molecule has 1 atom stereocenters. The second-order valence-corrected chi connectivity index (χ2v) is 8.57. The molecule has 1 fully saturated rings. The Labute approximate surface area is 187 Å². The Kier molecular flexibility index (Phi) is 6.69. The van der Waals surface area contributed by atoms with E-state index in [0.717, 1.165) is 53.2 Å². The van der Waals surface area contributed by atoms with Gasteiger partial charge in [0, 0.05) is 48.8 Å². The normalized spacial score (nSPS) is 16.1. The van der Waals surface area contributed by atoms with Gasteiger partial charge in [-0.1, -0.05) is 59.6 Å². The van der Waals surface area contributed by atoms with Crippen molar-refractivity contribution in [1.82, 2.24) is 4.90 Å². The molecular formula is C24H26Cl2N2O2. The third kappa shape index (κ3) is 4.84. The minimum atomic E-state index is -0.576. The second kappa shape index (κ2) is 9.44. The summed E-state index contributed by atoms with van der Waals surface area (Å²) in [7, 11) is 0. The number of nitrogens with zero attached hydrogens (tertiary/aromatic N) is 2. The molecule has 0 unspecified atom stereocenters. The van der Waals surface area contributed by atoms with E-state index in [1.807, 2.05) is 49.4 Å². The highest BCUT2D eigenvalue weighted by Gasteiger charge is 2.20. The van der Waals surface area contributed by atoms with Gasteiger partial charge in [-0.2, -0.15) is 0 Å². The molecule has 1 saturated heterocycles. The van der Waals surface area contributed by atoms with Crippen LogP contribution in [0.15, 0.2) is 54.6 Å². The standard InChI is InChI=1S/C24H26Cl2N2O2/c1-17-6-8-19(14-22(17)25)28-12-10-27(11-13-28)15-20(29)16-30-23-9-7-18-4-2-3-5-21(18)24(23)26/h2-9,14,20,29H,10-13,15-16H2,1H3/t20-/m0/s1. The van der Waals surface area contributed by atoms with Crippen molar-refractivity contribution in [2.45, 2.75) is 13.0 Å². The third-order valence-corrected chi connectivity index (χ3v) is 6.42. The van der Waals surface area contributed by atoms with Crippen molar-refractivity contribution in [2.24, 2.45) is 0 Å². The van der Waals surface area contributed by atoms with E-state index in [-0.39, 0.29) is 6.61 Å². The summed E-state index contributed by atoms with van der Waals surface area (Å²) < 4.78 is 5.83. The van der Waals surface area contributed by atoms with Crippen LogP contribution in [0.3, 0.4) is 0 Å². The fraction of sp³-hybridized carbons (Fsp3) is 0.333. The summed E-state index contributed by atoms with van der Waals surface area (Å²) in [6, 6.07) is 18.0. The van der Waals surface area contributed by atoms with Crippen LogP contribution in [0.25, 0.3) is 10.8 Å². The molecule has 0 spiro atoms. The SMILES string of the molecule is Cc1ccc(N2CCN(C[C@H](O)COc3ccc4ccccc4c3Cl)CC2)cc1Cl. The van der Waals surface area contributed by atoms with E-state index < -0.39 is 6.10 Å². The Morgan fingerprint density at radius 3 is 2.53 bits per heavy atom. The molecule has 1 aliphatic heterocycles. The number of anilines is 1. The molecule has 0 bridgehead atoms. The molecule has 0 saturated carbocycles. The molecule has 3 aromatic rings. The monoisotopic (exact) mass is 444 g/mol. The van der Waals surface area contributed by atoms with E-state index in [0.29, 0.717) is 17.3 Å². The highest BCUT2D eigenvalue weighted by atomic mass is 35.5. The maximum absolute atomic E-state index is 10.5. The first kappa shape index (κ1) is 21.3. The average Bonchev–Trinajstić information content (AvgIpc) is 2.76. The van der Waals surface area contributed by atoms with Crippen LogP contribution in [0.1, 0.15) is 5.56 Å². The number of aliphatic hydroxyl groups is 1. The summed E-state index contributed by atoms with van der Waals surface area (Å²) in [5, 5.41) is 13.9. The average molecular weight is 445 g/mol. The molecular weight excluding hydrogens is 419 g/mol. The zero-order valence-electron chi connectivity index (χ0n) is 17.0. The fourth-order valence-corrected chi connectivity index (χ4v) is 4.29. The van der Waals surface area contributed by atoms with Crippen molar-refractivity contribution in [3.63, 3.8) is 0 Å². The van der Waals surface area contributed by atoms with Crippen LogP contribution >= 0.6 is 23.2 Å². The Hall–Kier alpha value is -1.98. The Morgan fingerprint density at radius 1 is 1.00 bits per heavy atom. The molecule has 4 nitrogen and oxygen atoms in total. The van der Waals surface area contributed by atoms with Crippen LogP contribution in [0, 0.1) is 6.92 Å². The number of aryl methyl sites for hydroxylation is 1. The van der Waals surface area contributed by atoms with Crippen molar-refractivity contribution >= 4 is 39.7 Å². The summed E-state index contributed by atoms with van der Waals surface area (Å²) in [5.41, 5.74) is 2.24. The lowest BCUT2D eigenvalue weighted by molar-refractivity contribution is 0.0664. The molecule has 30 heavy (non-hydrogen) atoms. The molecule has 0 aromatic heterocycles. The van der Waals surface area contributed by atoms with Gasteiger partial charge >= 0.3 is 0 Å². The molecule has 0 amide bonds. The zero-order valence-corrected chi connectivity index (χ0v) is 18.5. The number of ether oxygens (including phenoxy) is 1. The largest absolute Gasteiger partial charge is 0.489 e. The summed E-state index contributed by atoms with van der Waals surface area (Å²) in [4.78, 5) is 4.60. The van der Waals surface area contributed by atoms with Gasteiger partial charge in [-0.25, -0.2) is 0 Å². The van der Waals surface area contributed by atoms with Crippen molar-refractivity contribution in [2.75, 3.05) is 44.2 Å². The van der Waals surface area contributed by atoms with Gasteiger partial charge in [0.15, 0.2) is 0 Å². The summed E-state index contributed by atoms with van der Waals surface area (Å²) in [6.07, 6.45) is -0.576. The maximum Gasteiger partial charge on any atom is 0.138 e. The molecule has 3 aromatic carbocycles. The molecule has 158 valence electrons. The molecule has 1 aliphatic rings. The highest BCUT2D eigenvalue weighted by molar-refractivity contribution is 6.37. The van der Waals surface area contributed by atoms with E-state index >= 15 is 0 Å². The minimum absolute atomic E-state index is 0.214. The van der Waals surface area contributed by atoms with E-state index in [1.54, 1.807) is 0 Å². The number of benzene rings is 3. The predicted molar refractivity (Wildman–Crippen MR) is 125 cm³/mol. The molecule has 6 heteroatoms. The smallest absolute Gasteiger partial charge is 0.138 e. The lowest BCUT2D eigenvalue weighted by Crippen LogP contribution is -2.49. The number of aliphatic hydroxyl groups excluding tert-OH is 1. The van der Waals surface area contributed by atoms with Crippen molar-refractivity contribution in [3.8, 4) is 5.75 Å². The van der Waals surface area contributed by atoms with E-state index in [1.165, 1.54) is 0 Å². The first-order chi connectivity index (χ1) is 14.5. The van der Waals surface area contributed by atoms with Crippen LogP contribution < -0.4 is 9.64 Å². The quantitative estimate of drug-likeness (QED) is 0.578. The molecule has 1 N–H and O–H groups in total. The van der Waals surface area contributed by atoms with Gasteiger partial charge in [0.1, 0.15) is 18.5 Å². The number of halogens is 2.